The van der Waals surface area contributed by atoms with Crippen molar-refractivity contribution in [1.82, 2.24) is 19.7 Å². The molecule has 0 aliphatic carbocycles. The van der Waals surface area contributed by atoms with E-state index in [2.05, 4.69) is 50.2 Å². The van der Waals surface area contributed by atoms with E-state index in [0.29, 0.717) is 6.54 Å². The van der Waals surface area contributed by atoms with Gasteiger partial charge < -0.3 is 9.88 Å². The molecule has 0 saturated carbocycles. The topological polar surface area (TPSA) is 55.6 Å². The van der Waals surface area contributed by atoms with Gasteiger partial charge in [0.15, 0.2) is 5.82 Å². The van der Waals surface area contributed by atoms with Gasteiger partial charge in [-0.25, -0.2) is 0 Å². The highest BCUT2D eigenvalue weighted by molar-refractivity contribution is 5.92. The summed E-state index contributed by atoms with van der Waals surface area (Å²) in [6, 6.07) is 8.31. The number of fused-ring (bicyclic) bond motifs is 2. The van der Waals surface area contributed by atoms with Crippen molar-refractivity contribution in [2.24, 2.45) is 0 Å². The van der Waals surface area contributed by atoms with Crippen LogP contribution in [0.25, 0.3) is 10.9 Å². The summed E-state index contributed by atoms with van der Waals surface area (Å²) in [4.78, 5) is 4.50. The molecule has 1 aromatic carbocycles. The van der Waals surface area contributed by atoms with E-state index in [9.17, 15) is 0 Å². The predicted molar refractivity (Wildman–Crippen MR) is 91.4 cm³/mol. The lowest BCUT2D eigenvalue weighted by Crippen LogP contribution is -2.10. The predicted octanol–water partition coefficient (Wildman–Crippen LogP) is 3.47. The Bertz CT molecular complexity index is 837. The van der Waals surface area contributed by atoms with Gasteiger partial charge in [0.25, 0.3) is 0 Å². The van der Waals surface area contributed by atoms with E-state index >= 15 is 0 Å². The Hall–Kier alpha value is -2.43. The number of benzene rings is 1. The Balaban J connectivity index is 1.61. The van der Waals surface area contributed by atoms with Gasteiger partial charge >= 0.3 is 0 Å². The number of aryl methyl sites for hydroxylation is 2. The number of anilines is 1. The van der Waals surface area contributed by atoms with Gasteiger partial charge in [0, 0.05) is 30.2 Å². The monoisotopic (exact) mass is 307 g/mol. The van der Waals surface area contributed by atoms with Crippen LogP contribution in [0.15, 0.2) is 30.5 Å². The Morgan fingerprint density at radius 3 is 3.04 bits per heavy atom. The third kappa shape index (κ3) is 2.67. The maximum absolute atomic E-state index is 4.50. The summed E-state index contributed by atoms with van der Waals surface area (Å²) < 4.78 is 2.29. The summed E-state index contributed by atoms with van der Waals surface area (Å²) in [5, 5.41) is 13.4. The van der Waals surface area contributed by atoms with Gasteiger partial charge in [-0.05, 0) is 31.4 Å². The van der Waals surface area contributed by atoms with Crippen LogP contribution in [-0.2, 0) is 19.5 Å². The highest BCUT2D eigenvalue weighted by Gasteiger charge is 2.14. The van der Waals surface area contributed by atoms with Crippen molar-refractivity contribution in [2.45, 2.75) is 45.7 Å². The van der Waals surface area contributed by atoms with Gasteiger partial charge in [0.2, 0.25) is 0 Å². The normalized spacial score (nSPS) is 14.5. The average Bonchev–Trinajstić information content (AvgIpc) is 2.80. The van der Waals surface area contributed by atoms with Crippen LogP contribution in [0.1, 0.15) is 36.5 Å². The number of hydrogen-bond donors (Lipinski definition) is 1. The van der Waals surface area contributed by atoms with E-state index < -0.39 is 0 Å². The van der Waals surface area contributed by atoms with Crippen molar-refractivity contribution in [3.05, 3.63) is 47.7 Å². The molecule has 5 nitrogen and oxygen atoms in total. The van der Waals surface area contributed by atoms with Crippen LogP contribution in [0, 0.1) is 6.92 Å². The van der Waals surface area contributed by atoms with Crippen LogP contribution in [0.2, 0.25) is 0 Å². The van der Waals surface area contributed by atoms with Gasteiger partial charge in [-0.2, -0.15) is 0 Å². The SMILES string of the molecule is Cc1cccc2c(NCc3nnc4n3CCCCC4)ccnc12. The summed E-state index contributed by atoms with van der Waals surface area (Å²) in [5.74, 6) is 2.16. The van der Waals surface area contributed by atoms with Gasteiger partial charge in [0.1, 0.15) is 5.82 Å². The number of para-hydroxylation sites is 1. The molecule has 3 heterocycles. The summed E-state index contributed by atoms with van der Waals surface area (Å²) >= 11 is 0. The van der Waals surface area contributed by atoms with Crippen molar-refractivity contribution in [3.8, 4) is 0 Å². The Labute approximate surface area is 135 Å². The number of pyridine rings is 1. The minimum atomic E-state index is 0.694. The average molecular weight is 307 g/mol. The number of rotatable bonds is 3. The molecular formula is C18H21N5. The highest BCUT2D eigenvalue weighted by Crippen LogP contribution is 2.24. The van der Waals surface area contributed by atoms with Crippen LogP contribution >= 0.6 is 0 Å². The zero-order valence-electron chi connectivity index (χ0n) is 13.4. The summed E-state index contributed by atoms with van der Waals surface area (Å²) in [5.41, 5.74) is 3.35. The molecular weight excluding hydrogens is 286 g/mol. The molecule has 0 atom stereocenters. The van der Waals surface area contributed by atoms with Crippen LogP contribution in [0.3, 0.4) is 0 Å². The molecule has 0 fully saturated rings. The Morgan fingerprint density at radius 2 is 2.09 bits per heavy atom. The third-order valence-electron chi connectivity index (χ3n) is 4.60. The number of nitrogens with one attached hydrogen (secondary N) is 1. The zero-order valence-corrected chi connectivity index (χ0v) is 13.4. The lowest BCUT2D eigenvalue weighted by atomic mass is 10.1. The van der Waals surface area contributed by atoms with Crippen LogP contribution in [-0.4, -0.2) is 19.7 Å². The zero-order chi connectivity index (χ0) is 15.6. The lowest BCUT2D eigenvalue weighted by Gasteiger charge is -2.11. The van der Waals surface area contributed by atoms with Gasteiger partial charge in [-0.15, -0.1) is 10.2 Å². The second-order valence-electron chi connectivity index (χ2n) is 6.18. The van der Waals surface area contributed by atoms with E-state index in [4.69, 9.17) is 0 Å². The second kappa shape index (κ2) is 5.99. The molecule has 1 N–H and O–H groups in total. The van der Waals surface area contributed by atoms with Gasteiger partial charge in [-0.3, -0.25) is 4.98 Å². The molecule has 4 rings (SSSR count). The molecule has 0 bridgehead atoms. The number of hydrogen-bond acceptors (Lipinski definition) is 4. The molecule has 23 heavy (non-hydrogen) atoms. The van der Waals surface area contributed by atoms with E-state index in [0.717, 1.165) is 41.2 Å². The molecule has 0 radical (unpaired) electrons. The first-order chi connectivity index (χ1) is 11.3. The molecule has 1 aliphatic rings. The van der Waals surface area contributed by atoms with Crippen molar-refractivity contribution in [3.63, 3.8) is 0 Å². The second-order valence-corrected chi connectivity index (χ2v) is 6.18. The number of aromatic nitrogens is 4. The smallest absolute Gasteiger partial charge is 0.152 e. The van der Waals surface area contributed by atoms with E-state index in [1.165, 1.54) is 24.8 Å². The fourth-order valence-electron chi connectivity index (χ4n) is 3.33. The fraction of sp³-hybridized carbons (Fsp3) is 0.389. The largest absolute Gasteiger partial charge is 0.377 e. The maximum atomic E-state index is 4.50. The third-order valence-corrected chi connectivity index (χ3v) is 4.60. The highest BCUT2D eigenvalue weighted by atomic mass is 15.3. The lowest BCUT2D eigenvalue weighted by molar-refractivity contribution is 0.610. The van der Waals surface area contributed by atoms with Gasteiger partial charge in [-0.1, -0.05) is 24.6 Å². The molecule has 0 spiro atoms. The quantitative estimate of drug-likeness (QED) is 0.805. The molecule has 0 amide bonds. The molecule has 3 aromatic rings. The first-order valence-electron chi connectivity index (χ1n) is 8.32. The van der Waals surface area contributed by atoms with E-state index in [1.54, 1.807) is 0 Å². The summed E-state index contributed by atoms with van der Waals surface area (Å²) in [6.45, 7) is 3.83. The standard InChI is InChI=1S/C18H21N5/c1-13-6-5-7-14-15(9-10-19-18(13)14)20-12-17-22-21-16-8-3-2-4-11-23(16)17/h5-7,9-10H,2-4,8,11-12H2,1H3,(H,19,20). The molecule has 118 valence electrons. The van der Waals surface area contributed by atoms with Crippen molar-refractivity contribution in [2.75, 3.05) is 5.32 Å². The van der Waals surface area contributed by atoms with Crippen molar-refractivity contribution < 1.29 is 0 Å². The van der Waals surface area contributed by atoms with Crippen LogP contribution < -0.4 is 5.32 Å². The van der Waals surface area contributed by atoms with E-state index in [-0.39, 0.29) is 0 Å². The molecule has 5 heteroatoms. The maximum Gasteiger partial charge on any atom is 0.152 e. The van der Waals surface area contributed by atoms with Crippen molar-refractivity contribution in [1.29, 1.82) is 0 Å². The minimum Gasteiger partial charge on any atom is -0.377 e. The molecule has 0 unspecified atom stereocenters. The molecule has 0 saturated heterocycles. The van der Waals surface area contributed by atoms with Crippen molar-refractivity contribution >= 4 is 16.6 Å². The van der Waals surface area contributed by atoms with Crippen LogP contribution in [0.5, 0.6) is 0 Å². The first kappa shape index (κ1) is 14.2. The summed E-state index contributed by atoms with van der Waals surface area (Å²) in [7, 11) is 0. The first-order valence-corrected chi connectivity index (χ1v) is 8.32. The molecule has 2 aromatic heterocycles. The Morgan fingerprint density at radius 1 is 1.13 bits per heavy atom. The molecule has 1 aliphatic heterocycles. The Kier molecular flexibility index (Phi) is 3.69. The fourth-order valence-corrected chi connectivity index (χ4v) is 3.33. The summed E-state index contributed by atoms with van der Waals surface area (Å²) in [6.07, 6.45) is 6.63. The minimum absolute atomic E-state index is 0.694. The van der Waals surface area contributed by atoms with Crippen LogP contribution in [0.4, 0.5) is 5.69 Å². The van der Waals surface area contributed by atoms with E-state index in [1.807, 2.05) is 12.3 Å². The number of nitrogens with zero attached hydrogens (tertiary/aromatic N) is 4. The van der Waals surface area contributed by atoms with Gasteiger partial charge in [0.05, 0.1) is 12.1 Å².